The van der Waals surface area contributed by atoms with Crippen LogP contribution in [-0.2, 0) is 7.05 Å². The van der Waals surface area contributed by atoms with Crippen LogP contribution >= 0.6 is 11.6 Å². The first-order valence-corrected chi connectivity index (χ1v) is 5.80. The van der Waals surface area contributed by atoms with Crippen LogP contribution in [0.1, 0.15) is 0 Å². The number of hydrogen-bond acceptors (Lipinski definition) is 5. The summed E-state index contributed by atoms with van der Waals surface area (Å²) in [6.45, 7) is 0. The van der Waals surface area contributed by atoms with E-state index in [1.165, 1.54) is 31.2 Å². The van der Waals surface area contributed by atoms with Gasteiger partial charge in [-0.05, 0) is 0 Å². The first-order chi connectivity index (χ1) is 9.01. The highest BCUT2D eigenvalue weighted by molar-refractivity contribution is 6.33. The van der Waals surface area contributed by atoms with Crippen molar-refractivity contribution in [2.75, 3.05) is 20.0 Å². The van der Waals surface area contributed by atoms with E-state index in [0.717, 1.165) is 0 Å². The number of ether oxygens (including phenoxy) is 2. The van der Waals surface area contributed by atoms with Gasteiger partial charge in [0.25, 0.3) is 0 Å². The number of anilines is 1. The molecule has 0 aliphatic rings. The predicted molar refractivity (Wildman–Crippen MR) is 72.8 cm³/mol. The lowest BCUT2D eigenvalue weighted by atomic mass is 10.1. The Bertz CT molecular complexity index is 625. The standard InChI is InChI=1S/C12H14ClN3O3/c1-16-12(14)6(5-15-16)9-10(17)7(13)4-8(18-2)11(9)19-3/h4-5,17H,14H2,1-3H3. The third-order valence-electron chi connectivity index (χ3n) is 2.85. The molecule has 0 saturated heterocycles. The van der Waals surface area contributed by atoms with Gasteiger partial charge in [0, 0.05) is 13.1 Å². The van der Waals surface area contributed by atoms with E-state index < -0.39 is 0 Å². The van der Waals surface area contributed by atoms with Crippen LogP contribution in [0.5, 0.6) is 17.2 Å². The number of nitrogen functional groups attached to an aromatic ring is 1. The highest BCUT2D eigenvalue weighted by Crippen LogP contribution is 2.49. The number of halogens is 1. The van der Waals surface area contributed by atoms with Crippen molar-refractivity contribution in [2.45, 2.75) is 0 Å². The predicted octanol–water partition coefficient (Wildman–Crippen LogP) is 2.05. The second-order valence-electron chi connectivity index (χ2n) is 3.88. The summed E-state index contributed by atoms with van der Waals surface area (Å²) in [5.41, 5.74) is 6.80. The number of aromatic nitrogens is 2. The highest BCUT2D eigenvalue weighted by atomic mass is 35.5. The number of nitrogens with zero attached hydrogens (tertiary/aromatic N) is 2. The van der Waals surface area contributed by atoms with Gasteiger partial charge in [-0.2, -0.15) is 5.10 Å². The summed E-state index contributed by atoms with van der Waals surface area (Å²) >= 11 is 5.98. The lowest BCUT2D eigenvalue weighted by molar-refractivity contribution is 0.353. The summed E-state index contributed by atoms with van der Waals surface area (Å²) in [6.07, 6.45) is 1.53. The molecule has 102 valence electrons. The van der Waals surface area contributed by atoms with Gasteiger partial charge in [-0.25, -0.2) is 0 Å². The minimum atomic E-state index is -0.126. The van der Waals surface area contributed by atoms with E-state index in [1.807, 2.05) is 0 Å². The molecule has 7 heteroatoms. The van der Waals surface area contributed by atoms with Crippen molar-refractivity contribution in [3.63, 3.8) is 0 Å². The van der Waals surface area contributed by atoms with Crippen molar-refractivity contribution in [3.8, 4) is 28.4 Å². The minimum absolute atomic E-state index is 0.126. The van der Waals surface area contributed by atoms with Crippen LogP contribution in [0.3, 0.4) is 0 Å². The normalized spacial score (nSPS) is 10.5. The quantitative estimate of drug-likeness (QED) is 0.901. The van der Waals surface area contributed by atoms with Crippen molar-refractivity contribution in [2.24, 2.45) is 7.05 Å². The molecular weight excluding hydrogens is 270 g/mol. The SMILES string of the molecule is COc1cc(Cl)c(O)c(-c2cnn(C)c2N)c1OC. The summed E-state index contributed by atoms with van der Waals surface area (Å²) in [6, 6.07) is 1.48. The Balaban J connectivity index is 2.81. The molecule has 0 atom stereocenters. The zero-order valence-electron chi connectivity index (χ0n) is 10.8. The van der Waals surface area contributed by atoms with Crippen molar-refractivity contribution < 1.29 is 14.6 Å². The average molecular weight is 284 g/mol. The highest BCUT2D eigenvalue weighted by Gasteiger charge is 2.23. The van der Waals surface area contributed by atoms with Gasteiger partial charge in [0.2, 0.25) is 0 Å². The molecule has 3 N–H and O–H groups in total. The fourth-order valence-corrected chi connectivity index (χ4v) is 2.04. The van der Waals surface area contributed by atoms with Gasteiger partial charge in [0.15, 0.2) is 11.5 Å². The lowest BCUT2D eigenvalue weighted by Crippen LogP contribution is -1.99. The van der Waals surface area contributed by atoms with Crippen molar-refractivity contribution in [3.05, 3.63) is 17.3 Å². The third-order valence-corrected chi connectivity index (χ3v) is 3.14. The Kier molecular flexibility index (Phi) is 3.44. The maximum Gasteiger partial charge on any atom is 0.172 e. The molecule has 2 aromatic rings. The molecule has 19 heavy (non-hydrogen) atoms. The Morgan fingerprint density at radius 2 is 2.05 bits per heavy atom. The van der Waals surface area contributed by atoms with Gasteiger partial charge in [-0.15, -0.1) is 0 Å². The number of nitrogens with two attached hydrogens (primary N) is 1. The second-order valence-corrected chi connectivity index (χ2v) is 4.29. The molecule has 0 saturated carbocycles. The van der Waals surface area contributed by atoms with Crippen LogP contribution < -0.4 is 15.2 Å². The molecule has 1 heterocycles. The van der Waals surface area contributed by atoms with Gasteiger partial charge < -0.3 is 20.3 Å². The Morgan fingerprint density at radius 3 is 2.53 bits per heavy atom. The molecule has 0 bridgehead atoms. The molecule has 0 aliphatic carbocycles. The largest absolute Gasteiger partial charge is 0.506 e. The summed E-state index contributed by atoms with van der Waals surface area (Å²) in [4.78, 5) is 0. The van der Waals surface area contributed by atoms with Gasteiger partial charge in [-0.1, -0.05) is 11.6 Å². The van der Waals surface area contributed by atoms with Crippen LogP contribution in [-0.4, -0.2) is 29.1 Å². The number of phenols is 1. The van der Waals surface area contributed by atoms with Gasteiger partial charge in [0.1, 0.15) is 11.6 Å². The minimum Gasteiger partial charge on any atom is -0.506 e. The lowest BCUT2D eigenvalue weighted by Gasteiger charge is -2.15. The maximum absolute atomic E-state index is 10.2. The van der Waals surface area contributed by atoms with Crippen molar-refractivity contribution in [1.82, 2.24) is 9.78 Å². The van der Waals surface area contributed by atoms with E-state index in [2.05, 4.69) is 5.10 Å². The number of aromatic hydroxyl groups is 1. The molecule has 0 radical (unpaired) electrons. The van der Waals surface area contributed by atoms with E-state index in [0.29, 0.717) is 28.4 Å². The number of aryl methyl sites for hydroxylation is 1. The molecule has 1 aromatic carbocycles. The average Bonchev–Trinajstić information content (AvgIpc) is 2.72. The van der Waals surface area contributed by atoms with Crippen LogP contribution in [0.4, 0.5) is 5.82 Å². The topological polar surface area (TPSA) is 82.5 Å². The summed E-state index contributed by atoms with van der Waals surface area (Å²) in [5, 5.41) is 14.3. The second kappa shape index (κ2) is 4.89. The van der Waals surface area contributed by atoms with Gasteiger partial charge in [-0.3, -0.25) is 4.68 Å². The molecule has 6 nitrogen and oxygen atoms in total. The van der Waals surface area contributed by atoms with Crippen LogP contribution in [0.25, 0.3) is 11.1 Å². The van der Waals surface area contributed by atoms with E-state index in [9.17, 15) is 5.11 Å². The number of hydrogen-bond donors (Lipinski definition) is 2. The Hall–Kier alpha value is -2.08. The zero-order chi connectivity index (χ0) is 14.2. The Morgan fingerprint density at radius 1 is 1.37 bits per heavy atom. The fourth-order valence-electron chi connectivity index (χ4n) is 1.84. The summed E-state index contributed by atoms with van der Waals surface area (Å²) in [7, 11) is 4.66. The molecular formula is C12H14ClN3O3. The van der Waals surface area contributed by atoms with Gasteiger partial charge >= 0.3 is 0 Å². The number of rotatable bonds is 3. The summed E-state index contributed by atoms with van der Waals surface area (Å²) in [5.74, 6) is 1.02. The monoisotopic (exact) mass is 283 g/mol. The number of phenolic OH excluding ortho intramolecular Hbond substituents is 1. The number of methoxy groups -OCH3 is 2. The smallest absolute Gasteiger partial charge is 0.172 e. The van der Waals surface area contributed by atoms with E-state index >= 15 is 0 Å². The molecule has 0 fully saturated rings. The van der Waals surface area contributed by atoms with Crippen LogP contribution in [0.2, 0.25) is 5.02 Å². The molecule has 0 spiro atoms. The Labute approximate surface area is 115 Å². The first-order valence-electron chi connectivity index (χ1n) is 5.42. The van der Waals surface area contributed by atoms with Gasteiger partial charge in [0.05, 0.1) is 36.6 Å². The van der Waals surface area contributed by atoms with E-state index in [-0.39, 0.29) is 10.8 Å². The first kappa shape index (κ1) is 13.4. The maximum atomic E-state index is 10.2. The molecule has 0 aliphatic heterocycles. The molecule has 1 aromatic heterocycles. The number of benzene rings is 1. The molecule has 0 amide bonds. The van der Waals surface area contributed by atoms with Crippen LogP contribution in [0.15, 0.2) is 12.3 Å². The van der Waals surface area contributed by atoms with Crippen molar-refractivity contribution >= 4 is 17.4 Å². The van der Waals surface area contributed by atoms with E-state index in [1.54, 1.807) is 7.05 Å². The molecule has 2 rings (SSSR count). The van der Waals surface area contributed by atoms with Crippen molar-refractivity contribution in [1.29, 1.82) is 0 Å². The molecule has 0 unspecified atom stereocenters. The summed E-state index contributed by atoms with van der Waals surface area (Å²) < 4.78 is 12.0. The fraction of sp³-hybridized carbons (Fsp3) is 0.250. The third kappa shape index (κ3) is 2.04. The van der Waals surface area contributed by atoms with Crippen LogP contribution in [0, 0.1) is 0 Å². The van der Waals surface area contributed by atoms with E-state index in [4.69, 9.17) is 26.8 Å². The zero-order valence-corrected chi connectivity index (χ0v) is 11.5.